The van der Waals surface area contributed by atoms with E-state index in [9.17, 15) is 0 Å². The van der Waals surface area contributed by atoms with E-state index in [1.807, 2.05) is 16.8 Å². The summed E-state index contributed by atoms with van der Waals surface area (Å²) in [5.74, 6) is 0.308. The van der Waals surface area contributed by atoms with Crippen molar-refractivity contribution in [3.05, 3.63) is 24.5 Å². The third kappa shape index (κ3) is 1.93. The van der Waals surface area contributed by atoms with Crippen molar-refractivity contribution in [3.8, 4) is 5.75 Å². The Balaban J connectivity index is 3.06. The van der Waals surface area contributed by atoms with Crippen LogP contribution in [-0.4, -0.2) is 5.11 Å². The van der Waals surface area contributed by atoms with Crippen molar-refractivity contribution >= 4 is 0 Å². The highest BCUT2D eigenvalue weighted by Crippen LogP contribution is 2.07. The molecule has 2 nitrogen and oxygen atoms in total. The predicted octanol–water partition coefficient (Wildman–Crippen LogP) is 1.43. The molecule has 1 rings (SSSR count). The van der Waals surface area contributed by atoms with Crippen LogP contribution >= 0.6 is 0 Å². The lowest BCUT2D eigenvalue weighted by Gasteiger charge is -2.12. The quantitative estimate of drug-likeness (QED) is 0.559. The molecule has 2 heteroatoms. The Hall–Kier alpha value is -1.05. The second-order valence-corrected chi connectivity index (χ2v) is 3.64. The Morgan fingerprint density at radius 1 is 1.36 bits per heavy atom. The first kappa shape index (κ1) is 8.05. The van der Waals surface area contributed by atoms with Gasteiger partial charge in [0.05, 0.1) is 0 Å². The van der Waals surface area contributed by atoms with Crippen LogP contribution in [0.15, 0.2) is 24.5 Å². The van der Waals surface area contributed by atoms with E-state index >= 15 is 0 Å². The van der Waals surface area contributed by atoms with E-state index in [4.69, 9.17) is 5.11 Å². The maximum absolute atomic E-state index is 9.16. The van der Waals surface area contributed by atoms with E-state index in [0.717, 1.165) is 0 Å². The van der Waals surface area contributed by atoms with E-state index in [0.29, 0.717) is 5.75 Å². The van der Waals surface area contributed by atoms with Crippen molar-refractivity contribution in [1.82, 2.24) is 0 Å². The summed E-state index contributed by atoms with van der Waals surface area (Å²) in [5, 5.41) is 9.16. The molecule has 0 aliphatic heterocycles. The summed E-state index contributed by atoms with van der Waals surface area (Å²) in [4.78, 5) is 0. The molecule has 1 heterocycles. The second kappa shape index (κ2) is 2.53. The minimum absolute atomic E-state index is 0.0404. The summed E-state index contributed by atoms with van der Waals surface area (Å²) in [7, 11) is 0. The van der Waals surface area contributed by atoms with Crippen LogP contribution in [0.5, 0.6) is 5.75 Å². The molecule has 0 aromatic carbocycles. The van der Waals surface area contributed by atoms with Crippen LogP contribution in [0.1, 0.15) is 20.8 Å². The van der Waals surface area contributed by atoms with Crippen LogP contribution in [-0.2, 0) is 5.54 Å². The SMILES string of the molecule is CC(C)(C)[n+]1cccc(O)c1. The molecule has 11 heavy (non-hydrogen) atoms. The number of hydrogen-bond donors (Lipinski definition) is 1. The lowest BCUT2D eigenvalue weighted by Crippen LogP contribution is -2.49. The highest BCUT2D eigenvalue weighted by molar-refractivity contribution is 5.09. The average Bonchev–Trinajstić information content (AvgIpc) is 1.86. The van der Waals surface area contributed by atoms with Gasteiger partial charge >= 0.3 is 0 Å². The lowest BCUT2D eigenvalue weighted by molar-refractivity contribution is -0.754. The van der Waals surface area contributed by atoms with E-state index in [2.05, 4.69) is 20.8 Å². The third-order valence-electron chi connectivity index (χ3n) is 1.56. The van der Waals surface area contributed by atoms with Gasteiger partial charge in [0.15, 0.2) is 17.5 Å². The van der Waals surface area contributed by atoms with Crippen molar-refractivity contribution in [2.45, 2.75) is 26.3 Å². The molecule has 0 saturated heterocycles. The average molecular weight is 152 g/mol. The van der Waals surface area contributed by atoms with Gasteiger partial charge in [0.25, 0.3) is 0 Å². The largest absolute Gasteiger partial charge is 0.503 e. The van der Waals surface area contributed by atoms with Crippen molar-refractivity contribution in [1.29, 1.82) is 0 Å². The number of aromatic hydroxyl groups is 1. The first-order chi connectivity index (χ1) is 5.00. The summed E-state index contributed by atoms with van der Waals surface area (Å²) >= 11 is 0. The van der Waals surface area contributed by atoms with Crippen molar-refractivity contribution < 1.29 is 9.67 Å². The first-order valence-electron chi connectivity index (χ1n) is 3.71. The molecule has 0 fully saturated rings. The van der Waals surface area contributed by atoms with Gasteiger partial charge in [0, 0.05) is 26.8 Å². The fourth-order valence-electron chi connectivity index (χ4n) is 0.880. The Morgan fingerprint density at radius 3 is 2.36 bits per heavy atom. The molecular formula is C9H14NO+. The van der Waals surface area contributed by atoms with Gasteiger partial charge in [-0.1, -0.05) is 0 Å². The monoisotopic (exact) mass is 152 g/mol. The van der Waals surface area contributed by atoms with Crippen LogP contribution in [0.2, 0.25) is 0 Å². The summed E-state index contributed by atoms with van der Waals surface area (Å²) in [6.45, 7) is 6.27. The molecule has 1 aromatic rings. The van der Waals surface area contributed by atoms with E-state index in [1.54, 1.807) is 12.3 Å². The van der Waals surface area contributed by atoms with E-state index in [1.165, 1.54) is 0 Å². The van der Waals surface area contributed by atoms with Gasteiger partial charge in [-0.2, -0.15) is 4.57 Å². The molecule has 1 aromatic heterocycles. The number of nitrogens with zero attached hydrogens (tertiary/aromatic N) is 1. The molecule has 60 valence electrons. The standard InChI is InChI=1S/C9H13NO/c1-9(2,3)10-6-4-5-8(11)7-10/h4-7H,1-3H3/p+1. The highest BCUT2D eigenvalue weighted by Gasteiger charge is 2.20. The van der Waals surface area contributed by atoms with Crippen molar-refractivity contribution in [2.75, 3.05) is 0 Å². The second-order valence-electron chi connectivity index (χ2n) is 3.64. The minimum atomic E-state index is 0.0404. The first-order valence-corrected chi connectivity index (χ1v) is 3.71. The van der Waals surface area contributed by atoms with Gasteiger partial charge < -0.3 is 5.11 Å². The molecule has 0 atom stereocenters. The van der Waals surface area contributed by atoms with Crippen LogP contribution in [0.4, 0.5) is 0 Å². The fraction of sp³-hybridized carbons (Fsp3) is 0.444. The zero-order valence-corrected chi connectivity index (χ0v) is 7.20. The summed E-state index contributed by atoms with van der Waals surface area (Å²) in [5.41, 5.74) is 0.0404. The molecule has 0 spiro atoms. The molecule has 0 bridgehead atoms. The molecule has 1 N–H and O–H groups in total. The number of hydrogen-bond acceptors (Lipinski definition) is 1. The third-order valence-corrected chi connectivity index (χ3v) is 1.56. The Bertz CT molecular complexity index is 250. The zero-order valence-electron chi connectivity index (χ0n) is 7.20. The number of rotatable bonds is 0. The van der Waals surface area contributed by atoms with Gasteiger partial charge in [0.2, 0.25) is 6.20 Å². The molecule has 0 radical (unpaired) electrons. The highest BCUT2D eigenvalue weighted by atomic mass is 16.3. The Kier molecular flexibility index (Phi) is 1.85. The van der Waals surface area contributed by atoms with Crippen LogP contribution < -0.4 is 4.57 Å². The smallest absolute Gasteiger partial charge is 0.211 e. The van der Waals surface area contributed by atoms with Crippen LogP contribution in [0.25, 0.3) is 0 Å². The summed E-state index contributed by atoms with van der Waals surface area (Å²) < 4.78 is 1.97. The van der Waals surface area contributed by atoms with E-state index < -0.39 is 0 Å². The van der Waals surface area contributed by atoms with Gasteiger partial charge in [-0.25, -0.2) is 0 Å². The molecule has 0 unspecified atom stereocenters. The fourth-order valence-corrected chi connectivity index (χ4v) is 0.880. The van der Waals surface area contributed by atoms with E-state index in [-0.39, 0.29) is 5.54 Å². The Morgan fingerprint density at radius 2 is 2.00 bits per heavy atom. The van der Waals surface area contributed by atoms with Crippen LogP contribution in [0, 0.1) is 0 Å². The molecular weight excluding hydrogens is 138 g/mol. The predicted molar refractivity (Wildman–Crippen MR) is 43.3 cm³/mol. The summed E-state index contributed by atoms with van der Waals surface area (Å²) in [6.07, 6.45) is 3.67. The van der Waals surface area contributed by atoms with Crippen LogP contribution in [0.3, 0.4) is 0 Å². The van der Waals surface area contributed by atoms with Gasteiger partial charge in [-0.15, -0.1) is 0 Å². The van der Waals surface area contributed by atoms with Crippen molar-refractivity contribution in [2.24, 2.45) is 0 Å². The van der Waals surface area contributed by atoms with Crippen molar-refractivity contribution in [3.63, 3.8) is 0 Å². The number of pyridine rings is 1. The maximum atomic E-state index is 9.16. The molecule has 0 aliphatic rings. The topological polar surface area (TPSA) is 24.1 Å². The number of aromatic nitrogens is 1. The molecule has 0 saturated carbocycles. The maximum Gasteiger partial charge on any atom is 0.211 e. The molecule has 0 amide bonds. The molecule has 0 aliphatic carbocycles. The van der Waals surface area contributed by atoms with Gasteiger partial charge in [-0.3, -0.25) is 0 Å². The normalized spacial score (nSPS) is 11.5. The summed E-state index contributed by atoms with van der Waals surface area (Å²) in [6, 6.07) is 3.50. The Labute approximate surface area is 67.1 Å². The van der Waals surface area contributed by atoms with Gasteiger partial charge in [0.1, 0.15) is 0 Å². The minimum Gasteiger partial charge on any atom is -0.503 e. The zero-order chi connectivity index (χ0) is 8.48. The lowest BCUT2D eigenvalue weighted by atomic mass is 10.1. The van der Waals surface area contributed by atoms with Gasteiger partial charge in [-0.05, 0) is 6.07 Å².